The summed E-state index contributed by atoms with van der Waals surface area (Å²) in [7, 11) is 0. The first-order chi connectivity index (χ1) is 8.38. The number of rotatable bonds is 2. The van der Waals surface area contributed by atoms with E-state index in [2.05, 4.69) is 4.99 Å². The molecule has 7 heteroatoms. The lowest BCUT2D eigenvalue weighted by Crippen LogP contribution is -2.17. The molecule has 1 atom stereocenters. The van der Waals surface area contributed by atoms with Crippen molar-refractivity contribution >= 4 is 6.02 Å². The summed E-state index contributed by atoms with van der Waals surface area (Å²) in [4.78, 5) is 3.79. The van der Waals surface area contributed by atoms with E-state index >= 15 is 0 Å². The van der Waals surface area contributed by atoms with Crippen LogP contribution in [0.3, 0.4) is 0 Å². The van der Waals surface area contributed by atoms with Crippen molar-refractivity contribution in [1.82, 2.24) is 0 Å². The topological polar surface area (TPSA) is 47.6 Å². The Labute approximate surface area is 100 Å². The molecule has 1 aromatic carbocycles. The number of amidine groups is 1. The maximum Gasteiger partial charge on any atom is 0.416 e. The van der Waals surface area contributed by atoms with Gasteiger partial charge in [0.2, 0.25) is 0 Å². The maximum absolute atomic E-state index is 13.5. The molecule has 0 aliphatic carbocycles. The van der Waals surface area contributed by atoms with Gasteiger partial charge in [-0.2, -0.15) is 13.2 Å². The zero-order valence-electron chi connectivity index (χ0n) is 9.17. The van der Waals surface area contributed by atoms with E-state index in [1.807, 2.05) is 0 Å². The standard InChI is InChI=1S/C11H10F4N2O/c12-9-3-1-2-8(11(13,14)15)7(9)4-6-5-18-10(16)17-6/h1-3,6H,4-5H2,(H2,16,17)/t6-/m0/s1. The van der Waals surface area contributed by atoms with Gasteiger partial charge in [-0.3, -0.25) is 0 Å². The van der Waals surface area contributed by atoms with Gasteiger partial charge in [0.25, 0.3) is 6.02 Å². The zero-order valence-corrected chi connectivity index (χ0v) is 9.17. The molecule has 1 aromatic rings. The largest absolute Gasteiger partial charge is 0.463 e. The summed E-state index contributed by atoms with van der Waals surface area (Å²) in [5.41, 5.74) is 3.86. The fourth-order valence-electron chi connectivity index (χ4n) is 1.81. The van der Waals surface area contributed by atoms with Crippen molar-refractivity contribution in [2.24, 2.45) is 10.7 Å². The van der Waals surface area contributed by atoms with Gasteiger partial charge in [-0.15, -0.1) is 0 Å². The van der Waals surface area contributed by atoms with Crippen molar-refractivity contribution in [3.63, 3.8) is 0 Å². The molecule has 0 fully saturated rings. The van der Waals surface area contributed by atoms with E-state index in [1.54, 1.807) is 0 Å². The number of halogens is 4. The number of benzene rings is 1. The average Bonchev–Trinajstić information content (AvgIpc) is 2.65. The highest BCUT2D eigenvalue weighted by molar-refractivity contribution is 5.73. The van der Waals surface area contributed by atoms with E-state index in [9.17, 15) is 17.6 Å². The van der Waals surface area contributed by atoms with Gasteiger partial charge >= 0.3 is 6.18 Å². The number of hydrogen-bond acceptors (Lipinski definition) is 3. The molecule has 3 nitrogen and oxygen atoms in total. The molecule has 0 radical (unpaired) electrons. The number of alkyl halides is 3. The molecule has 1 aliphatic rings. The third-order valence-corrected chi connectivity index (χ3v) is 2.60. The second-order valence-electron chi connectivity index (χ2n) is 3.90. The summed E-state index contributed by atoms with van der Waals surface area (Å²) in [5, 5.41) is 0. The molecular formula is C11H10F4N2O. The van der Waals surface area contributed by atoms with Crippen molar-refractivity contribution in [3.05, 3.63) is 35.1 Å². The number of aliphatic imine (C=N–C) groups is 1. The summed E-state index contributed by atoms with van der Waals surface area (Å²) in [5.74, 6) is -0.898. The van der Waals surface area contributed by atoms with Gasteiger partial charge in [0, 0.05) is 12.0 Å². The van der Waals surface area contributed by atoms with E-state index in [0.29, 0.717) is 0 Å². The lowest BCUT2D eigenvalue weighted by atomic mass is 10.00. The fourth-order valence-corrected chi connectivity index (χ4v) is 1.81. The third kappa shape index (κ3) is 2.55. The fraction of sp³-hybridized carbons (Fsp3) is 0.364. The molecule has 2 rings (SSSR count). The van der Waals surface area contributed by atoms with E-state index in [0.717, 1.165) is 18.2 Å². The van der Waals surface area contributed by atoms with E-state index < -0.39 is 29.2 Å². The van der Waals surface area contributed by atoms with Crippen LogP contribution < -0.4 is 5.73 Å². The van der Waals surface area contributed by atoms with Gasteiger partial charge in [-0.1, -0.05) is 6.07 Å². The number of hydrogen-bond donors (Lipinski definition) is 1. The molecule has 0 saturated heterocycles. The molecule has 98 valence electrons. The number of ether oxygens (including phenoxy) is 1. The normalized spacial score (nSPS) is 19.6. The molecule has 0 saturated carbocycles. The van der Waals surface area contributed by atoms with Crippen molar-refractivity contribution < 1.29 is 22.3 Å². The first-order valence-electron chi connectivity index (χ1n) is 5.18. The van der Waals surface area contributed by atoms with Crippen LogP contribution in [0.15, 0.2) is 23.2 Å². The molecule has 0 spiro atoms. The molecule has 1 aliphatic heterocycles. The Morgan fingerprint density at radius 3 is 2.67 bits per heavy atom. The summed E-state index contributed by atoms with van der Waals surface area (Å²) in [6.45, 7) is 0.0669. The van der Waals surface area contributed by atoms with E-state index in [1.165, 1.54) is 0 Å². The van der Waals surface area contributed by atoms with E-state index in [-0.39, 0.29) is 19.0 Å². The number of nitrogens with zero attached hydrogens (tertiary/aromatic N) is 1. The highest BCUT2D eigenvalue weighted by Gasteiger charge is 2.35. The first-order valence-corrected chi connectivity index (χ1v) is 5.18. The minimum absolute atomic E-state index is 0.0669. The highest BCUT2D eigenvalue weighted by atomic mass is 19.4. The first kappa shape index (κ1) is 12.7. The molecule has 0 aromatic heterocycles. The Morgan fingerprint density at radius 1 is 1.39 bits per heavy atom. The summed E-state index contributed by atoms with van der Waals surface area (Å²) in [6.07, 6.45) is -4.78. The molecule has 0 unspecified atom stereocenters. The van der Waals surface area contributed by atoms with Gasteiger partial charge in [0.05, 0.1) is 11.6 Å². The molecular weight excluding hydrogens is 252 g/mol. The molecule has 0 bridgehead atoms. The lowest BCUT2D eigenvalue weighted by Gasteiger charge is -2.14. The van der Waals surface area contributed by atoms with Crippen LogP contribution in [0, 0.1) is 5.82 Å². The highest BCUT2D eigenvalue weighted by Crippen LogP contribution is 2.34. The van der Waals surface area contributed by atoms with Gasteiger partial charge in [0.1, 0.15) is 12.4 Å². The van der Waals surface area contributed by atoms with Crippen LogP contribution in [0.25, 0.3) is 0 Å². The summed E-state index contributed by atoms with van der Waals surface area (Å²) >= 11 is 0. The third-order valence-electron chi connectivity index (χ3n) is 2.60. The Bertz CT molecular complexity index is 484. The summed E-state index contributed by atoms with van der Waals surface area (Å²) in [6, 6.07) is 2.21. The van der Waals surface area contributed by atoms with Crippen LogP contribution in [0.5, 0.6) is 0 Å². The van der Waals surface area contributed by atoms with Crippen LogP contribution in [0.4, 0.5) is 17.6 Å². The van der Waals surface area contributed by atoms with Crippen LogP contribution in [-0.2, 0) is 17.3 Å². The quantitative estimate of drug-likeness (QED) is 0.830. The van der Waals surface area contributed by atoms with Crippen molar-refractivity contribution in [2.45, 2.75) is 18.6 Å². The zero-order chi connectivity index (χ0) is 13.3. The Morgan fingerprint density at radius 2 is 2.11 bits per heavy atom. The van der Waals surface area contributed by atoms with Crippen molar-refractivity contribution in [1.29, 1.82) is 0 Å². The molecule has 2 N–H and O–H groups in total. The predicted octanol–water partition coefficient (Wildman–Crippen LogP) is 2.10. The van der Waals surface area contributed by atoms with Gasteiger partial charge < -0.3 is 10.5 Å². The minimum atomic E-state index is -4.59. The van der Waals surface area contributed by atoms with Gasteiger partial charge in [-0.25, -0.2) is 9.38 Å². The SMILES string of the molecule is NC1=N[C@@H](Cc2c(F)cccc2C(F)(F)F)CO1. The lowest BCUT2D eigenvalue weighted by molar-refractivity contribution is -0.138. The van der Waals surface area contributed by atoms with Crippen LogP contribution >= 0.6 is 0 Å². The van der Waals surface area contributed by atoms with Crippen LogP contribution in [0.1, 0.15) is 11.1 Å². The van der Waals surface area contributed by atoms with Crippen molar-refractivity contribution in [2.75, 3.05) is 6.61 Å². The maximum atomic E-state index is 13.5. The average molecular weight is 262 g/mol. The Kier molecular flexibility index (Phi) is 3.14. The van der Waals surface area contributed by atoms with Crippen molar-refractivity contribution in [3.8, 4) is 0 Å². The van der Waals surface area contributed by atoms with Gasteiger partial charge in [0.15, 0.2) is 0 Å². The van der Waals surface area contributed by atoms with E-state index in [4.69, 9.17) is 10.5 Å². The predicted molar refractivity (Wildman–Crippen MR) is 56.5 cm³/mol. The second-order valence-corrected chi connectivity index (χ2v) is 3.90. The molecule has 1 heterocycles. The van der Waals surface area contributed by atoms with Crippen LogP contribution in [0.2, 0.25) is 0 Å². The molecule has 18 heavy (non-hydrogen) atoms. The smallest absolute Gasteiger partial charge is 0.416 e. The second kappa shape index (κ2) is 4.47. The van der Waals surface area contributed by atoms with Crippen LogP contribution in [-0.4, -0.2) is 18.7 Å². The Balaban J connectivity index is 2.32. The van der Waals surface area contributed by atoms with Gasteiger partial charge in [-0.05, 0) is 12.1 Å². The Hall–Kier alpha value is -1.79. The number of nitrogens with two attached hydrogens (primary N) is 1. The monoisotopic (exact) mass is 262 g/mol. The molecule has 0 amide bonds. The summed E-state index contributed by atoms with van der Waals surface area (Å²) < 4.78 is 56.5. The minimum Gasteiger partial charge on any atom is -0.463 e.